The molecule has 0 aromatic rings. The van der Waals surface area contributed by atoms with Gasteiger partial charge in [0.2, 0.25) is 0 Å². The Bertz CT molecular complexity index is 165. The third kappa shape index (κ3) is 6.32. The van der Waals surface area contributed by atoms with Crippen LogP contribution in [0.15, 0.2) is 0 Å². The molecule has 0 aromatic carbocycles. The van der Waals surface area contributed by atoms with Gasteiger partial charge in [-0.2, -0.15) is 13.2 Å². The van der Waals surface area contributed by atoms with Crippen LogP contribution in [0.3, 0.4) is 0 Å². The van der Waals surface area contributed by atoms with Gasteiger partial charge in [0.05, 0.1) is 0 Å². The lowest BCUT2D eigenvalue weighted by Crippen LogP contribution is -2.21. The van der Waals surface area contributed by atoms with Crippen molar-refractivity contribution in [1.82, 2.24) is 5.32 Å². The number of rotatable bonds is 0. The minimum absolute atomic E-state index is 0.565. The van der Waals surface area contributed by atoms with E-state index in [0.29, 0.717) is 13.0 Å². The zero-order valence-electron chi connectivity index (χ0n) is 6.57. The number of alkyl halides is 4. The molecule has 0 amide bonds. The fraction of sp³-hybridized carbons (Fsp3) is 0.833. The van der Waals surface area contributed by atoms with E-state index >= 15 is 0 Å². The molecular weight excluding hydrogens is 194 g/mol. The summed E-state index contributed by atoms with van der Waals surface area (Å²) in [7, 11) is 0. The molecule has 3 nitrogen and oxygen atoms in total. The third-order valence-corrected chi connectivity index (χ3v) is 1.24. The molecule has 13 heavy (non-hydrogen) atoms. The van der Waals surface area contributed by atoms with Gasteiger partial charge in [-0.15, -0.1) is 0 Å². The van der Waals surface area contributed by atoms with E-state index in [-0.39, 0.29) is 0 Å². The largest absolute Gasteiger partial charge is 0.490 e. The summed E-state index contributed by atoms with van der Waals surface area (Å²) in [5, 5.41) is 10.0. The van der Waals surface area contributed by atoms with Crippen LogP contribution in [0.2, 0.25) is 0 Å². The summed E-state index contributed by atoms with van der Waals surface area (Å²) in [6, 6.07) is 0. The van der Waals surface area contributed by atoms with E-state index in [4.69, 9.17) is 9.90 Å². The molecule has 1 aliphatic rings. The molecule has 0 aliphatic carbocycles. The van der Waals surface area contributed by atoms with Crippen LogP contribution in [0.4, 0.5) is 17.6 Å². The Kier molecular flexibility index (Phi) is 4.68. The van der Waals surface area contributed by atoms with Crippen molar-refractivity contribution in [1.29, 1.82) is 0 Å². The van der Waals surface area contributed by atoms with Gasteiger partial charge in [0, 0.05) is 6.54 Å². The molecule has 0 spiro atoms. The Morgan fingerprint density at radius 3 is 2.00 bits per heavy atom. The van der Waals surface area contributed by atoms with Crippen LogP contribution in [0.5, 0.6) is 0 Å². The van der Waals surface area contributed by atoms with Gasteiger partial charge in [-0.05, 0) is 13.0 Å². The molecule has 0 aromatic heterocycles. The van der Waals surface area contributed by atoms with Crippen molar-refractivity contribution in [2.45, 2.75) is 18.8 Å². The highest BCUT2D eigenvalue weighted by atomic mass is 19.4. The third-order valence-electron chi connectivity index (χ3n) is 1.24. The monoisotopic (exact) mass is 203 g/mol. The first-order chi connectivity index (χ1) is 5.84. The van der Waals surface area contributed by atoms with Crippen LogP contribution >= 0.6 is 0 Å². The zero-order valence-corrected chi connectivity index (χ0v) is 6.57. The lowest BCUT2D eigenvalue weighted by Gasteiger charge is -1.93. The zero-order chi connectivity index (χ0) is 10.5. The Morgan fingerprint density at radius 2 is 1.92 bits per heavy atom. The van der Waals surface area contributed by atoms with Gasteiger partial charge in [0.25, 0.3) is 0 Å². The lowest BCUT2D eigenvalue weighted by molar-refractivity contribution is -0.192. The molecular formula is C6H9F4NO2. The Morgan fingerprint density at radius 1 is 1.46 bits per heavy atom. The van der Waals surface area contributed by atoms with Crippen molar-refractivity contribution < 1.29 is 27.5 Å². The van der Waals surface area contributed by atoms with E-state index in [9.17, 15) is 17.6 Å². The van der Waals surface area contributed by atoms with Gasteiger partial charge in [-0.3, -0.25) is 0 Å². The van der Waals surface area contributed by atoms with E-state index in [1.54, 1.807) is 0 Å². The molecule has 1 rings (SSSR count). The van der Waals surface area contributed by atoms with Crippen molar-refractivity contribution in [2.24, 2.45) is 0 Å². The van der Waals surface area contributed by atoms with Crippen LogP contribution in [-0.4, -0.2) is 36.5 Å². The van der Waals surface area contributed by atoms with Crippen molar-refractivity contribution in [3.63, 3.8) is 0 Å². The fourth-order valence-corrected chi connectivity index (χ4v) is 0.619. The molecule has 0 bridgehead atoms. The highest BCUT2D eigenvalue weighted by molar-refractivity contribution is 5.73. The summed E-state index contributed by atoms with van der Waals surface area (Å²) in [6.45, 7) is 1.43. The van der Waals surface area contributed by atoms with Crippen LogP contribution in [0.25, 0.3) is 0 Å². The van der Waals surface area contributed by atoms with Gasteiger partial charge in [0.1, 0.15) is 6.17 Å². The van der Waals surface area contributed by atoms with Crippen LogP contribution in [-0.2, 0) is 4.79 Å². The first-order valence-electron chi connectivity index (χ1n) is 3.49. The Labute approximate surface area is 71.7 Å². The number of carboxylic acid groups (broad SMARTS) is 1. The SMILES string of the molecule is FC1CCNC1.O=C(O)C(F)(F)F. The molecule has 1 fully saturated rings. The van der Waals surface area contributed by atoms with Crippen LogP contribution in [0.1, 0.15) is 6.42 Å². The molecule has 78 valence electrons. The highest BCUT2D eigenvalue weighted by Crippen LogP contribution is 2.13. The van der Waals surface area contributed by atoms with E-state index in [2.05, 4.69) is 5.32 Å². The summed E-state index contributed by atoms with van der Waals surface area (Å²) in [6.07, 6.45) is -4.94. The molecule has 1 heterocycles. The number of hydrogen-bond acceptors (Lipinski definition) is 2. The van der Waals surface area contributed by atoms with Gasteiger partial charge < -0.3 is 10.4 Å². The number of aliphatic carboxylic acids is 1. The van der Waals surface area contributed by atoms with Crippen LogP contribution < -0.4 is 5.32 Å². The molecule has 0 saturated carbocycles. The second kappa shape index (κ2) is 5.00. The fourth-order valence-electron chi connectivity index (χ4n) is 0.619. The number of halogens is 4. The first kappa shape index (κ1) is 12.2. The molecule has 1 saturated heterocycles. The standard InChI is InChI=1S/C4H8FN.C2HF3O2/c5-4-1-2-6-3-4;3-2(4,5)1(6)7/h4,6H,1-3H2;(H,6,7). The van der Waals surface area contributed by atoms with Gasteiger partial charge in [0.15, 0.2) is 0 Å². The quantitative estimate of drug-likeness (QED) is 0.576. The summed E-state index contributed by atoms with van der Waals surface area (Å²) in [4.78, 5) is 8.90. The maximum absolute atomic E-state index is 11.9. The minimum atomic E-state index is -5.08. The average Bonchev–Trinajstić information content (AvgIpc) is 2.38. The topological polar surface area (TPSA) is 49.3 Å². The van der Waals surface area contributed by atoms with Crippen molar-refractivity contribution >= 4 is 5.97 Å². The molecule has 7 heteroatoms. The molecule has 1 unspecified atom stereocenters. The lowest BCUT2D eigenvalue weighted by atomic mass is 10.4. The summed E-state index contributed by atoms with van der Waals surface area (Å²) in [5.41, 5.74) is 0. The van der Waals surface area contributed by atoms with E-state index < -0.39 is 18.3 Å². The second-order valence-electron chi connectivity index (χ2n) is 2.39. The Balaban J connectivity index is 0.000000223. The van der Waals surface area contributed by atoms with E-state index in [1.165, 1.54) is 0 Å². The summed E-state index contributed by atoms with van der Waals surface area (Å²) < 4.78 is 43.6. The van der Waals surface area contributed by atoms with Gasteiger partial charge in [-0.1, -0.05) is 0 Å². The maximum Gasteiger partial charge on any atom is 0.490 e. The molecule has 0 radical (unpaired) electrons. The predicted molar refractivity (Wildman–Crippen MR) is 36.1 cm³/mol. The second-order valence-corrected chi connectivity index (χ2v) is 2.39. The van der Waals surface area contributed by atoms with E-state index in [1.807, 2.05) is 0 Å². The average molecular weight is 203 g/mol. The summed E-state index contributed by atoms with van der Waals surface area (Å²) >= 11 is 0. The highest BCUT2D eigenvalue weighted by Gasteiger charge is 2.38. The normalized spacial score (nSPS) is 22.0. The number of hydrogen-bond donors (Lipinski definition) is 2. The van der Waals surface area contributed by atoms with Crippen molar-refractivity contribution in [3.8, 4) is 0 Å². The Hall–Kier alpha value is -0.850. The molecule has 1 aliphatic heterocycles. The minimum Gasteiger partial charge on any atom is -0.475 e. The number of nitrogens with one attached hydrogen (secondary N) is 1. The van der Waals surface area contributed by atoms with Crippen molar-refractivity contribution in [3.05, 3.63) is 0 Å². The van der Waals surface area contributed by atoms with Crippen LogP contribution in [0, 0.1) is 0 Å². The number of carboxylic acids is 1. The summed E-state index contributed by atoms with van der Waals surface area (Å²) in [5.74, 6) is -2.76. The molecule has 2 N–H and O–H groups in total. The number of carbonyl (C=O) groups is 1. The molecule has 1 atom stereocenters. The predicted octanol–water partition coefficient (Wildman–Crippen LogP) is 0.951. The smallest absolute Gasteiger partial charge is 0.475 e. The van der Waals surface area contributed by atoms with Gasteiger partial charge in [-0.25, -0.2) is 9.18 Å². The maximum atomic E-state index is 11.9. The van der Waals surface area contributed by atoms with Crippen molar-refractivity contribution in [2.75, 3.05) is 13.1 Å². The van der Waals surface area contributed by atoms with Gasteiger partial charge >= 0.3 is 12.1 Å². The van der Waals surface area contributed by atoms with E-state index in [0.717, 1.165) is 6.54 Å². The first-order valence-corrected chi connectivity index (χ1v) is 3.49.